The molecule has 21 heavy (non-hydrogen) atoms. The number of nitrogens with zero attached hydrogens (tertiary/aromatic N) is 5. The Hall–Kier alpha value is -2.50. The quantitative estimate of drug-likeness (QED) is 0.718. The zero-order chi connectivity index (χ0) is 14.1. The minimum Gasteiger partial charge on any atom is -0.440 e. The molecule has 2 aromatic heterocycles. The van der Waals surface area contributed by atoms with E-state index in [1.54, 1.807) is 0 Å². The Morgan fingerprint density at radius 3 is 2.86 bits per heavy atom. The molecule has 0 aliphatic carbocycles. The van der Waals surface area contributed by atoms with E-state index < -0.39 is 0 Å². The van der Waals surface area contributed by atoms with Gasteiger partial charge in [-0.05, 0) is 25.0 Å². The molecule has 3 heterocycles. The van der Waals surface area contributed by atoms with Gasteiger partial charge in [-0.2, -0.15) is 0 Å². The monoisotopic (exact) mass is 281 g/mol. The molecule has 1 aliphatic rings. The molecule has 0 unspecified atom stereocenters. The van der Waals surface area contributed by atoms with Gasteiger partial charge in [-0.25, -0.2) is 19.9 Å². The molecule has 1 fully saturated rings. The van der Waals surface area contributed by atoms with E-state index in [4.69, 9.17) is 4.42 Å². The average Bonchev–Trinajstić information content (AvgIpc) is 3.00. The molecular weight excluding hydrogens is 266 g/mol. The van der Waals surface area contributed by atoms with Crippen LogP contribution in [0.2, 0.25) is 0 Å². The first kappa shape index (κ1) is 12.3. The van der Waals surface area contributed by atoms with Crippen LogP contribution in [0.5, 0.6) is 0 Å². The van der Waals surface area contributed by atoms with Gasteiger partial charge < -0.3 is 9.32 Å². The number of anilines is 1. The third kappa shape index (κ3) is 2.33. The van der Waals surface area contributed by atoms with Gasteiger partial charge in [-0.3, -0.25) is 0 Å². The highest BCUT2D eigenvalue weighted by Crippen LogP contribution is 2.29. The van der Waals surface area contributed by atoms with Crippen LogP contribution < -0.4 is 4.90 Å². The van der Waals surface area contributed by atoms with Crippen molar-refractivity contribution in [2.75, 3.05) is 18.0 Å². The van der Waals surface area contributed by atoms with Crippen LogP contribution in [0.3, 0.4) is 0 Å². The van der Waals surface area contributed by atoms with Crippen LogP contribution in [0.25, 0.3) is 11.1 Å². The fourth-order valence-corrected chi connectivity index (χ4v) is 2.82. The van der Waals surface area contributed by atoms with Crippen molar-refractivity contribution >= 4 is 17.0 Å². The van der Waals surface area contributed by atoms with Crippen molar-refractivity contribution in [3.63, 3.8) is 0 Å². The number of fused-ring (bicyclic) bond motifs is 1. The van der Waals surface area contributed by atoms with E-state index in [0.29, 0.717) is 0 Å². The maximum Gasteiger partial charge on any atom is 0.228 e. The number of hydrogen-bond donors (Lipinski definition) is 0. The third-order valence-electron chi connectivity index (χ3n) is 3.84. The highest BCUT2D eigenvalue weighted by Gasteiger charge is 2.26. The molecule has 4 rings (SSSR count). The summed E-state index contributed by atoms with van der Waals surface area (Å²) in [6.45, 7) is 1.79. The molecule has 1 atom stereocenters. The summed E-state index contributed by atoms with van der Waals surface area (Å²) >= 11 is 0. The van der Waals surface area contributed by atoms with Crippen LogP contribution >= 0.6 is 0 Å². The van der Waals surface area contributed by atoms with E-state index in [2.05, 4.69) is 24.8 Å². The molecule has 6 heteroatoms. The Morgan fingerprint density at radius 1 is 1.14 bits per heavy atom. The first-order chi connectivity index (χ1) is 10.4. The Morgan fingerprint density at radius 2 is 2.00 bits per heavy atom. The molecule has 0 spiro atoms. The molecular formula is C15H15N5O. The molecule has 1 aromatic carbocycles. The Bertz CT molecular complexity index is 709. The fraction of sp³-hybridized carbons (Fsp3) is 0.333. The van der Waals surface area contributed by atoms with Crippen LogP contribution in [-0.2, 0) is 0 Å². The largest absolute Gasteiger partial charge is 0.440 e. The Kier molecular flexibility index (Phi) is 2.99. The van der Waals surface area contributed by atoms with E-state index in [0.717, 1.165) is 48.9 Å². The summed E-state index contributed by atoms with van der Waals surface area (Å²) in [5.74, 6) is 1.82. The summed E-state index contributed by atoms with van der Waals surface area (Å²) in [7, 11) is 0. The lowest BCUT2D eigenvalue weighted by Gasteiger charge is -2.30. The van der Waals surface area contributed by atoms with Gasteiger partial charge in [0.15, 0.2) is 11.5 Å². The number of benzene rings is 1. The standard InChI is InChI=1S/C15H15N5O/c1-2-6-13-12(5-1)19-14(21-13)11-4-3-7-20(8-11)15-17-9-16-10-18-15/h1-2,5-6,9-11H,3-4,7-8H2/t11-/m1/s1. The van der Waals surface area contributed by atoms with Crippen molar-refractivity contribution in [3.05, 3.63) is 42.8 Å². The van der Waals surface area contributed by atoms with Gasteiger partial charge in [0.2, 0.25) is 5.95 Å². The van der Waals surface area contributed by atoms with Crippen LogP contribution in [0.15, 0.2) is 41.3 Å². The highest BCUT2D eigenvalue weighted by atomic mass is 16.3. The number of rotatable bonds is 2. The van der Waals surface area contributed by atoms with Crippen molar-refractivity contribution in [1.82, 2.24) is 19.9 Å². The van der Waals surface area contributed by atoms with Crippen LogP contribution in [-0.4, -0.2) is 33.0 Å². The lowest BCUT2D eigenvalue weighted by atomic mass is 9.98. The zero-order valence-corrected chi connectivity index (χ0v) is 11.5. The molecule has 0 saturated carbocycles. The molecule has 106 valence electrons. The molecule has 0 N–H and O–H groups in total. The first-order valence-electron chi connectivity index (χ1n) is 7.12. The number of para-hydroxylation sites is 2. The van der Waals surface area contributed by atoms with Gasteiger partial charge >= 0.3 is 0 Å². The minimum atomic E-state index is 0.280. The summed E-state index contributed by atoms with van der Waals surface area (Å²) in [4.78, 5) is 19.1. The predicted octanol–water partition coefficient (Wildman–Crippen LogP) is 2.40. The summed E-state index contributed by atoms with van der Waals surface area (Å²) in [6.07, 6.45) is 5.22. The van der Waals surface area contributed by atoms with Crippen LogP contribution in [0, 0.1) is 0 Å². The van der Waals surface area contributed by atoms with Gasteiger partial charge in [0.25, 0.3) is 0 Å². The first-order valence-corrected chi connectivity index (χ1v) is 7.12. The second-order valence-corrected chi connectivity index (χ2v) is 5.24. The Balaban J connectivity index is 1.60. The topological polar surface area (TPSA) is 67.9 Å². The predicted molar refractivity (Wildman–Crippen MR) is 78.0 cm³/mol. The lowest BCUT2D eigenvalue weighted by molar-refractivity contribution is 0.411. The molecule has 3 aromatic rings. The highest BCUT2D eigenvalue weighted by molar-refractivity contribution is 5.72. The fourth-order valence-electron chi connectivity index (χ4n) is 2.82. The summed E-state index contributed by atoms with van der Waals surface area (Å²) < 4.78 is 5.90. The molecule has 1 saturated heterocycles. The van der Waals surface area contributed by atoms with E-state index in [9.17, 15) is 0 Å². The van der Waals surface area contributed by atoms with Gasteiger partial charge in [0, 0.05) is 13.1 Å². The molecule has 1 aliphatic heterocycles. The van der Waals surface area contributed by atoms with Crippen LogP contribution in [0.4, 0.5) is 5.95 Å². The van der Waals surface area contributed by atoms with Crippen LogP contribution in [0.1, 0.15) is 24.7 Å². The number of piperidine rings is 1. The number of oxazole rings is 1. The number of hydrogen-bond acceptors (Lipinski definition) is 6. The second kappa shape index (κ2) is 5.12. The zero-order valence-electron chi connectivity index (χ0n) is 11.5. The maximum absolute atomic E-state index is 5.90. The lowest BCUT2D eigenvalue weighted by Crippen LogP contribution is -2.35. The van der Waals surface area contributed by atoms with Gasteiger partial charge in [-0.1, -0.05) is 12.1 Å². The summed E-state index contributed by atoms with van der Waals surface area (Å²) in [5, 5.41) is 0. The Labute approximate surface area is 121 Å². The summed E-state index contributed by atoms with van der Waals surface area (Å²) in [6, 6.07) is 7.88. The van der Waals surface area contributed by atoms with Crippen molar-refractivity contribution in [2.24, 2.45) is 0 Å². The van der Waals surface area contributed by atoms with Gasteiger partial charge in [0.05, 0.1) is 5.92 Å². The minimum absolute atomic E-state index is 0.280. The normalized spacial score (nSPS) is 19.0. The van der Waals surface area contributed by atoms with Crippen molar-refractivity contribution in [2.45, 2.75) is 18.8 Å². The SMILES string of the molecule is c1ccc2oc([C@@H]3CCCN(c4ncncn4)C3)nc2c1. The molecule has 0 bridgehead atoms. The van der Waals surface area contributed by atoms with Crippen molar-refractivity contribution in [3.8, 4) is 0 Å². The van der Waals surface area contributed by atoms with E-state index in [1.165, 1.54) is 12.7 Å². The third-order valence-corrected chi connectivity index (χ3v) is 3.84. The maximum atomic E-state index is 5.90. The van der Waals surface area contributed by atoms with Gasteiger partial charge in [0.1, 0.15) is 18.2 Å². The van der Waals surface area contributed by atoms with Crippen molar-refractivity contribution < 1.29 is 4.42 Å². The van der Waals surface area contributed by atoms with E-state index in [-0.39, 0.29) is 5.92 Å². The van der Waals surface area contributed by atoms with E-state index >= 15 is 0 Å². The van der Waals surface area contributed by atoms with Gasteiger partial charge in [-0.15, -0.1) is 0 Å². The molecule has 0 radical (unpaired) electrons. The smallest absolute Gasteiger partial charge is 0.228 e. The molecule has 0 amide bonds. The van der Waals surface area contributed by atoms with Crippen molar-refractivity contribution in [1.29, 1.82) is 0 Å². The average molecular weight is 281 g/mol. The number of aromatic nitrogens is 4. The summed E-state index contributed by atoms with van der Waals surface area (Å²) in [5.41, 5.74) is 1.77. The van der Waals surface area contributed by atoms with E-state index in [1.807, 2.05) is 24.3 Å². The second-order valence-electron chi connectivity index (χ2n) is 5.24. The molecule has 6 nitrogen and oxygen atoms in total.